The summed E-state index contributed by atoms with van der Waals surface area (Å²) in [5.74, 6) is 0.516. The summed E-state index contributed by atoms with van der Waals surface area (Å²) in [6.07, 6.45) is -0.174. The molecule has 3 aromatic carbocycles. The zero-order valence-corrected chi connectivity index (χ0v) is 24.8. The van der Waals surface area contributed by atoms with Crippen LogP contribution in [0.25, 0.3) is 0 Å². The van der Waals surface area contributed by atoms with Gasteiger partial charge in [0, 0.05) is 26.7 Å². The van der Waals surface area contributed by atoms with Gasteiger partial charge >= 0.3 is 0 Å². The van der Waals surface area contributed by atoms with E-state index in [4.69, 9.17) is 9.47 Å². The Balaban J connectivity index is 1.63. The number of nitrogens with one attached hydrogen (secondary N) is 1. The Morgan fingerprint density at radius 3 is 2.32 bits per heavy atom. The normalized spacial score (nSPS) is 17.2. The van der Waals surface area contributed by atoms with Gasteiger partial charge in [-0.2, -0.15) is 4.31 Å². The molecule has 0 unspecified atom stereocenters. The van der Waals surface area contributed by atoms with E-state index in [1.165, 1.54) is 23.5 Å². The lowest BCUT2D eigenvalue weighted by molar-refractivity contribution is 0.122. The standard InChI is InChI=1S/C30H39N3O7S/c1-20(2)17-33(41(37,38)24-12-10-23(39-4)11-13-24)18-26(34)25(16-21-8-6-5-7-9-21)31-27-28(30(36)29(27)35)32(3)22-14-15-40-19-22/h5-13,20,22,25-26,31,34H,14-19H2,1-4H3/t22-,25-,26+/m0/s1. The highest BCUT2D eigenvalue weighted by Crippen LogP contribution is 2.27. The van der Waals surface area contributed by atoms with Crippen LogP contribution >= 0.6 is 0 Å². The molecule has 11 heteroatoms. The summed E-state index contributed by atoms with van der Waals surface area (Å²) < 4.78 is 39.3. The van der Waals surface area contributed by atoms with Crippen LogP contribution in [-0.2, 0) is 21.2 Å². The summed E-state index contributed by atoms with van der Waals surface area (Å²) in [6, 6.07) is 14.7. The molecule has 0 bridgehead atoms. The van der Waals surface area contributed by atoms with Crippen molar-refractivity contribution in [3.05, 3.63) is 80.6 Å². The molecule has 41 heavy (non-hydrogen) atoms. The minimum atomic E-state index is -3.96. The third kappa shape index (κ3) is 6.98. The fraction of sp³-hybridized carbons (Fsp3) is 0.467. The number of methoxy groups -OCH3 is 1. The number of rotatable bonds is 14. The zero-order chi connectivity index (χ0) is 29.7. The van der Waals surface area contributed by atoms with Crippen molar-refractivity contribution in [1.29, 1.82) is 0 Å². The van der Waals surface area contributed by atoms with Gasteiger partial charge in [0.2, 0.25) is 10.0 Å². The number of anilines is 2. The smallest absolute Gasteiger partial charge is 0.253 e. The number of aliphatic hydroxyl groups is 1. The van der Waals surface area contributed by atoms with Crippen molar-refractivity contribution in [3.8, 4) is 5.75 Å². The third-order valence-corrected chi connectivity index (χ3v) is 9.29. The van der Waals surface area contributed by atoms with Crippen molar-refractivity contribution in [2.24, 2.45) is 5.92 Å². The van der Waals surface area contributed by atoms with Crippen LogP contribution in [-0.4, -0.2) is 76.5 Å². The number of likely N-dealkylation sites (N-methyl/N-ethyl adjacent to an activating group) is 1. The second-order valence-corrected chi connectivity index (χ2v) is 12.8. The Hall–Kier alpha value is -3.25. The van der Waals surface area contributed by atoms with E-state index in [2.05, 4.69) is 5.32 Å². The Kier molecular flexibility index (Phi) is 9.85. The van der Waals surface area contributed by atoms with Gasteiger partial charge in [-0.1, -0.05) is 44.2 Å². The summed E-state index contributed by atoms with van der Waals surface area (Å²) in [4.78, 5) is 27.2. The highest BCUT2D eigenvalue weighted by Gasteiger charge is 2.35. The molecule has 222 valence electrons. The predicted molar refractivity (Wildman–Crippen MR) is 159 cm³/mol. The molecular weight excluding hydrogens is 546 g/mol. The fourth-order valence-electron chi connectivity index (χ4n) is 5.11. The molecule has 0 radical (unpaired) electrons. The maximum atomic E-state index is 13.7. The SMILES string of the molecule is COc1ccc(S(=O)(=O)N(CC(C)C)C[C@@H](O)[C@H](Cc2ccccc2)Nc2c(N(C)[C@H]3CCOC3)c(=O)c2=O)cc1. The molecule has 1 saturated heterocycles. The Morgan fingerprint density at radius 2 is 1.73 bits per heavy atom. The lowest BCUT2D eigenvalue weighted by Crippen LogP contribution is -2.50. The van der Waals surface area contributed by atoms with Crippen molar-refractivity contribution < 1.29 is 23.0 Å². The number of sulfonamides is 1. The van der Waals surface area contributed by atoms with Crippen molar-refractivity contribution in [3.63, 3.8) is 0 Å². The van der Waals surface area contributed by atoms with Gasteiger partial charge in [0.05, 0.1) is 36.8 Å². The summed E-state index contributed by atoms with van der Waals surface area (Å²) in [6.45, 7) is 4.81. The van der Waals surface area contributed by atoms with Crippen LogP contribution in [0.15, 0.2) is 69.1 Å². The second-order valence-electron chi connectivity index (χ2n) is 10.9. The Bertz CT molecular complexity index is 1460. The van der Waals surface area contributed by atoms with E-state index in [1.807, 2.05) is 44.2 Å². The quantitative estimate of drug-likeness (QED) is 0.274. The van der Waals surface area contributed by atoms with Crippen LogP contribution in [0.2, 0.25) is 0 Å². The summed E-state index contributed by atoms with van der Waals surface area (Å²) >= 11 is 0. The molecule has 3 atom stereocenters. The van der Waals surface area contributed by atoms with E-state index in [1.54, 1.807) is 24.1 Å². The van der Waals surface area contributed by atoms with Crippen LogP contribution in [0.1, 0.15) is 25.8 Å². The van der Waals surface area contributed by atoms with Crippen LogP contribution in [0.4, 0.5) is 11.4 Å². The largest absolute Gasteiger partial charge is 0.497 e. The molecule has 2 N–H and O–H groups in total. The van der Waals surface area contributed by atoms with E-state index in [0.717, 1.165) is 12.0 Å². The van der Waals surface area contributed by atoms with Crippen LogP contribution < -0.4 is 25.8 Å². The highest BCUT2D eigenvalue weighted by molar-refractivity contribution is 7.89. The van der Waals surface area contributed by atoms with Gasteiger partial charge in [-0.05, 0) is 48.6 Å². The Morgan fingerprint density at radius 1 is 1.05 bits per heavy atom. The summed E-state index contributed by atoms with van der Waals surface area (Å²) in [5, 5.41) is 14.7. The molecule has 0 aromatic heterocycles. The number of hydrogen-bond donors (Lipinski definition) is 2. The van der Waals surface area contributed by atoms with Crippen molar-refractivity contribution in [2.75, 3.05) is 50.7 Å². The third-order valence-electron chi connectivity index (χ3n) is 7.44. The minimum absolute atomic E-state index is 0.0156. The van der Waals surface area contributed by atoms with Gasteiger partial charge in [0.25, 0.3) is 10.9 Å². The van der Waals surface area contributed by atoms with Crippen molar-refractivity contribution in [2.45, 2.75) is 49.8 Å². The summed E-state index contributed by atoms with van der Waals surface area (Å²) in [5.41, 5.74) is 0.0491. The van der Waals surface area contributed by atoms with Gasteiger partial charge in [-0.3, -0.25) is 9.59 Å². The molecule has 0 spiro atoms. The molecule has 1 aliphatic rings. The maximum Gasteiger partial charge on any atom is 0.253 e. The lowest BCUT2D eigenvalue weighted by atomic mass is 9.99. The Labute approximate surface area is 241 Å². The monoisotopic (exact) mass is 585 g/mol. The number of aliphatic hydroxyl groups excluding tert-OH is 1. The van der Waals surface area contributed by atoms with E-state index >= 15 is 0 Å². The number of ether oxygens (including phenoxy) is 2. The first-order chi connectivity index (χ1) is 19.5. The molecular formula is C30H39N3O7S. The molecule has 3 aromatic rings. The first kappa shape index (κ1) is 30.7. The van der Waals surface area contributed by atoms with Gasteiger partial charge < -0.3 is 24.8 Å². The number of benzene rings is 2. The van der Waals surface area contributed by atoms with Crippen LogP contribution in [0, 0.1) is 5.92 Å². The maximum absolute atomic E-state index is 13.7. The van der Waals surface area contributed by atoms with Gasteiger partial charge in [0.1, 0.15) is 17.1 Å². The van der Waals surface area contributed by atoms with E-state index in [9.17, 15) is 23.1 Å². The number of hydrogen-bond acceptors (Lipinski definition) is 9. The molecule has 1 aliphatic heterocycles. The molecule has 0 saturated carbocycles. The van der Waals surface area contributed by atoms with E-state index in [0.29, 0.717) is 25.4 Å². The van der Waals surface area contributed by atoms with Crippen LogP contribution in [0.5, 0.6) is 5.75 Å². The van der Waals surface area contributed by atoms with E-state index < -0.39 is 33.0 Å². The molecule has 0 amide bonds. The molecule has 0 aliphatic carbocycles. The molecule has 1 fully saturated rings. The van der Waals surface area contributed by atoms with Gasteiger partial charge in [0.15, 0.2) is 0 Å². The fourth-order valence-corrected chi connectivity index (χ4v) is 6.73. The van der Waals surface area contributed by atoms with Crippen molar-refractivity contribution in [1.82, 2.24) is 4.31 Å². The molecule has 1 heterocycles. The lowest BCUT2D eigenvalue weighted by Gasteiger charge is -2.33. The average molecular weight is 586 g/mol. The molecule has 4 rings (SSSR count). The van der Waals surface area contributed by atoms with Gasteiger partial charge in [-0.25, -0.2) is 8.42 Å². The first-order valence-corrected chi connectivity index (χ1v) is 15.2. The highest BCUT2D eigenvalue weighted by atomic mass is 32.2. The minimum Gasteiger partial charge on any atom is -0.497 e. The summed E-state index contributed by atoms with van der Waals surface area (Å²) in [7, 11) is -0.698. The first-order valence-electron chi connectivity index (χ1n) is 13.8. The van der Waals surface area contributed by atoms with E-state index in [-0.39, 0.29) is 41.3 Å². The number of nitrogens with zero attached hydrogens (tertiary/aromatic N) is 2. The zero-order valence-electron chi connectivity index (χ0n) is 23.9. The van der Waals surface area contributed by atoms with Crippen molar-refractivity contribution >= 4 is 21.4 Å². The van der Waals surface area contributed by atoms with Gasteiger partial charge in [-0.15, -0.1) is 0 Å². The van der Waals surface area contributed by atoms with Crippen LogP contribution in [0.3, 0.4) is 0 Å². The second kappa shape index (κ2) is 13.2. The topological polar surface area (TPSA) is 125 Å². The predicted octanol–water partition coefficient (Wildman–Crippen LogP) is 2.25. The average Bonchev–Trinajstić information content (AvgIpc) is 3.51. The molecule has 10 nitrogen and oxygen atoms in total.